The van der Waals surface area contributed by atoms with Gasteiger partial charge in [0.25, 0.3) is 0 Å². The summed E-state index contributed by atoms with van der Waals surface area (Å²) in [7, 11) is -3.08. The van der Waals surface area contributed by atoms with Gasteiger partial charge in [0, 0.05) is 18.7 Å². The Balaban J connectivity index is 1.51. The molecule has 1 aliphatic heterocycles. The molecule has 1 atom stereocenters. The van der Waals surface area contributed by atoms with Crippen LogP contribution < -0.4 is 0 Å². The van der Waals surface area contributed by atoms with E-state index in [1.807, 2.05) is 41.2 Å². The molecule has 0 spiro atoms. The van der Waals surface area contributed by atoms with Gasteiger partial charge in [-0.15, -0.1) is 5.10 Å². The van der Waals surface area contributed by atoms with Gasteiger partial charge in [-0.1, -0.05) is 35.5 Å². The topological polar surface area (TPSA) is 68.1 Å². The van der Waals surface area contributed by atoms with Gasteiger partial charge in [-0.05, 0) is 19.3 Å². The van der Waals surface area contributed by atoms with Crippen LogP contribution in [0.2, 0.25) is 0 Å². The van der Waals surface area contributed by atoms with E-state index in [-0.39, 0.29) is 11.3 Å². The fourth-order valence-corrected chi connectivity index (χ4v) is 4.82. The molecule has 0 unspecified atom stereocenters. The molecule has 1 saturated carbocycles. The summed E-state index contributed by atoms with van der Waals surface area (Å²) in [5.74, 6) is 0. The molecule has 2 heterocycles. The molecule has 0 N–H and O–H groups in total. The number of rotatable bonds is 4. The normalized spacial score (nSPS) is 23.0. The van der Waals surface area contributed by atoms with Crippen LogP contribution in [0, 0.1) is 0 Å². The van der Waals surface area contributed by atoms with Crippen LogP contribution in [0.4, 0.5) is 0 Å². The molecular formula is C15H18N4O2S. The third-order valence-corrected chi connectivity index (χ3v) is 6.75. The van der Waals surface area contributed by atoms with Crippen molar-refractivity contribution in [2.75, 3.05) is 13.1 Å². The smallest absolute Gasteiger partial charge is 0.217 e. The predicted octanol–water partition coefficient (Wildman–Crippen LogP) is 1.68. The summed E-state index contributed by atoms with van der Waals surface area (Å²) in [6.07, 6.45) is 4.33. The standard InChI is InChI=1S/C15H18N4O2S/c20-22(21,14-6-7-14)18-9-8-13(10-18)19-11-15(16-17-19)12-4-2-1-3-5-12/h1-5,11,13-14H,6-10H2/t13-/m1/s1. The van der Waals surface area contributed by atoms with Crippen molar-refractivity contribution in [3.05, 3.63) is 36.5 Å². The minimum Gasteiger partial charge on any atom is -0.247 e. The van der Waals surface area contributed by atoms with Crippen molar-refractivity contribution in [3.8, 4) is 11.3 Å². The van der Waals surface area contributed by atoms with E-state index in [2.05, 4.69) is 10.3 Å². The van der Waals surface area contributed by atoms with Crippen LogP contribution in [-0.2, 0) is 10.0 Å². The summed E-state index contributed by atoms with van der Waals surface area (Å²) in [6.45, 7) is 1.10. The lowest BCUT2D eigenvalue weighted by Crippen LogP contribution is -2.32. The van der Waals surface area contributed by atoms with E-state index >= 15 is 0 Å². The first-order valence-electron chi connectivity index (χ1n) is 7.61. The summed E-state index contributed by atoms with van der Waals surface area (Å²) < 4.78 is 28.0. The highest BCUT2D eigenvalue weighted by Crippen LogP contribution is 2.34. The molecule has 2 fully saturated rings. The number of sulfonamides is 1. The zero-order valence-electron chi connectivity index (χ0n) is 12.2. The van der Waals surface area contributed by atoms with Crippen LogP contribution in [-0.4, -0.2) is 46.1 Å². The molecule has 22 heavy (non-hydrogen) atoms. The first-order chi connectivity index (χ1) is 10.6. The van der Waals surface area contributed by atoms with Gasteiger partial charge in [-0.2, -0.15) is 4.31 Å². The molecule has 0 bridgehead atoms. The van der Waals surface area contributed by atoms with E-state index in [0.29, 0.717) is 13.1 Å². The number of benzene rings is 1. The van der Waals surface area contributed by atoms with Crippen molar-refractivity contribution in [1.29, 1.82) is 0 Å². The van der Waals surface area contributed by atoms with Crippen molar-refractivity contribution in [1.82, 2.24) is 19.3 Å². The largest absolute Gasteiger partial charge is 0.247 e. The Hall–Kier alpha value is -1.73. The second-order valence-corrected chi connectivity index (χ2v) is 8.21. The van der Waals surface area contributed by atoms with Crippen molar-refractivity contribution >= 4 is 10.0 Å². The Morgan fingerprint density at radius 2 is 1.86 bits per heavy atom. The lowest BCUT2D eigenvalue weighted by atomic mass is 10.2. The molecule has 1 aromatic heterocycles. The summed E-state index contributed by atoms with van der Waals surface area (Å²) in [4.78, 5) is 0. The van der Waals surface area contributed by atoms with Crippen molar-refractivity contribution in [2.24, 2.45) is 0 Å². The number of nitrogens with zero attached hydrogens (tertiary/aromatic N) is 4. The highest BCUT2D eigenvalue weighted by atomic mass is 32.2. The lowest BCUT2D eigenvalue weighted by molar-refractivity contribution is 0.428. The lowest BCUT2D eigenvalue weighted by Gasteiger charge is -2.15. The molecule has 0 radical (unpaired) electrons. The van der Waals surface area contributed by atoms with Gasteiger partial charge in [0.2, 0.25) is 10.0 Å². The van der Waals surface area contributed by atoms with Crippen LogP contribution in [0.3, 0.4) is 0 Å². The Morgan fingerprint density at radius 3 is 2.59 bits per heavy atom. The summed E-state index contributed by atoms with van der Waals surface area (Å²) >= 11 is 0. The summed E-state index contributed by atoms with van der Waals surface area (Å²) in [5.41, 5.74) is 1.85. The van der Waals surface area contributed by atoms with Crippen molar-refractivity contribution in [3.63, 3.8) is 0 Å². The van der Waals surface area contributed by atoms with Crippen LogP contribution in [0.25, 0.3) is 11.3 Å². The zero-order chi connectivity index (χ0) is 15.2. The van der Waals surface area contributed by atoms with E-state index in [0.717, 1.165) is 30.5 Å². The highest BCUT2D eigenvalue weighted by molar-refractivity contribution is 7.90. The fourth-order valence-electron chi connectivity index (χ4n) is 2.93. The molecule has 4 rings (SSSR count). The second kappa shape index (κ2) is 5.17. The van der Waals surface area contributed by atoms with Crippen LogP contribution >= 0.6 is 0 Å². The van der Waals surface area contributed by atoms with Crippen LogP contribution in [0.15, 0.2) is 36.5 Å². The molecule has 116 valence electrons. The van der Waals surface area contributed by atoms with Crippen molar-refractivity contribution in [2.45, 2.75) is 30.6 Å². The van der Waals surface area contributed by atoms with Gasteiger partial charge in [0.15, 0.2) is 0 Å². The maximum absolute atomic E-state index is 12.3. The third kappa shape index (κ3) is 2.44. The molecule has 6 nitrogen and oxygen atoms in total. The molecule has 1 aromatic carbocycles. The zero-order valence-corrected chi connectivity index (χ0v) is 13.0. The SMILES string of the molecule is O=S(=O)(C1CC1)N1CC[C@@H](n2cc(-c3ccccc3)nn2)C1. The number of aromatic nitrogens is 3. The predicted molar refractivity (Wildman–Crippen MR) is 82.6 cm³/mol. The molecule has 0 amide bonds. The first-order valence-corrected chi connectivity index (χ1v) is 9.11. The number of hydrogen-bond donors (Lipinski definition) is 0. The van der Waals surface area contributed by atoms with E-state index in [9.17, 15) is 8.42 Å². The monoisotopic (exact) mass is 318 g/mol. The molecule has 1 aliphatic carbocycles. The second-order valence-electron chi connectivity index (χ2n) is 5.99. The third-order valence-electron chi connectivity index (χ3n) is 4.39. The van der Waals surface area contributed by atoms with E-state index in [1.165, 1.54) is 0 Å². The average Bonchev–Trinajstić information content (AvgIpc) is 3.09. The van der Waals surface area contributed by atoms with E-state index < -0.39 is 10.0 Å². The quantitative estimate of drug-likeness (QED) is 0.860. The number of hydrogen-bond acceptors (Lipinski definition) is 4. The maximum atomic E-state index is 12.3. The minimum atomic E-state index is -3.08. The van der Waals surface area contributed by atoms with Crippen molar-refractivity contribution < 1.29 is 8.42 Å². The van der Waals surface area contributed by atoms with Gasteiger partial charge in [0.1, 0.15) is 5.69 Å². The Labute approximate surface area is 129 Å². The summed E-state index contributed by atoms with van der Waals surface area (Å²) in [5, 5.41) is 8.27. The average molecular weight is 318 g/mol. The molecule has 2 aromatic rings. The maximum Gasteiger partial charge on any atom is 0.217 e. The van der Waals surface area contributed by atoms with Crippen LogP contribution in [0.1, 0.15) is 25.3 Å². The van der Waals surface area contributed by atoms with E-state index in [1.54, 1.807) is 4.31 Å². The highest BCUT2D eigenvalue weighted by Gasteiger charge is 2.43. The van der Waals surface area contributed by atoms with Gasteiger partial charge in [-0.25, -0.2) is 13.1 Å². The van der Waals surface area contributed by atoms with E-state index in [4.69, 9.17) is 0 Å². The fraction of sp³-hybridized carbons (Fsp3) is 0.467. The summed E-state index contributed by atoms with van der Waals surface area (Å²) in [6, 6.07) is 9.96. The Morgan fingerprint density at radius 1 is 1.09 bits per heavy atom. The first kappa shape index (κ1) is 13.9. The molecular weight excluding hydrogens is 300 g/mol. The molecule has 7 heteroatoms. The molecule has 2 aliphatic rings. The van der Waals surface area contributed by atoms with Gasteiger partial charge < -0.3 is 0 Å². The molecule has 1 saturated heterocycles. The Bertz CT molecular complexity index is 768. The minimum absolute atomic E-state index is 0.0819. The van der Waals surface area contributed by atoms with Gasteiger partial charge in [-0.3, -0.25) is 0 Å². The van der Waals surface area contributed by atoms with Gasteiger partial charge >= 0.3 is 0 Å². The van der Waals surface area contributed by atoms with Crippen LogP contribution in [0.5, 0.6) is 0 Å². The Kier molecular flexibility index (Phi) is 3.27. The van der Waals surface area contributed by atoms with Gasteiger partial charge in [0.05, 0.1) is 17.5 Å².